The molecule has 5 heteroatoms. The molecule has 0 spiro atoms. The predicted octanol–water partition coefficient (Wildman–Crippen LogP) is 2.01. The van der Waals surface area contributed by atoms with E-state index in [1.165, 1.54) is 5.57 Å². The highest BCUT2D eigenvalue weighted by Crippen LogP contribution is 2.66. The third-order valence-corrected chi connectivity index (χ3v) is 8.48. The zero-order valence-electron chi connectivity index (χ0n) is 16.2. The minimum absolute atomic E-state index is 0.00947. The molecule has 0 bridgehead atoms. The highest BCUT2D eigenvalue weighted by molar-refractivity contribution is 5.88. The van der Waals surface area contributed by atoms with Crippen LogP contribution in [0.25, 0.3) is 0 Å². The van der Waals surface area contributed by atoms with Crippen molar-refractivity contribution in [2.75, 3.05) is 13.6 Å². The monoisotopic (exact) mass is 360 g/mol. The Labute approximate surface area is 156 Å². The number of allylic oxidation sites excluding steroid dienone is 1. The van der Waals surface area contributed by atoms with Gasteiger partial charge in [-0.1, -0.05) is 19.4 Å². The van der Waals surface area contributed by atoms with E-state index in [9.17, 15) is 14.7 Å². The number of hydrogen-bond donors (Lipinski definition) is 3. The van der Waals surface area contributed by atoms with Crippen LogP contribution in [0.1, 0.15) is 52.4 Å². The molecule has 5 nitrogen and oxygen atoms in total. The zero-order valence-corrected chi connectivity index (χ0v) is 16.2. The van der Waals surface area contributed by atoms with E-state index in [2.05, 4.69) is 24.5 Å². The van der Waals surface area contributed by atoms with Gasteiger partial charge in [-0.2, -0.15) is 0 Å². The maximum atomic E-state index is 12.5. The van der Waals surface area contributed by atoms with Crippen molar-refractivity contribution in [2.45, 2.75) is 58.5 Å². The second-order valence-electron chi connectivity index (χ2n) is 9.48. The Morgan fingerprint density at radius 2 is 2.08 bits per heavy atom. The lowest BCUT2D eigenvalue weighted by molar-refractivity contribution is -0.143. The number of carbonyl (C=O) groups excluding carboxylic acids is 2. The molecule has 144 valence electrons. The number of aliphatic hydroxyl groups excluding tert-OH is 1. The van der Waals surface area contributed by atoms with Crippen molar-refractivity contribution in [3.05, 3.63) is 11.6 Å². The fourth-order valence-corrected chi connectivity index (χ4v) is 7.30. The van der Waals surface area contributed by atoms with E-state index in [1.54, 1.807) is 13.1 Å². The van der Waals surface area contributed by atoms with Gasteiger partial charge in [0.05, 0.1) is 6.10 Å². The van der Waals surface area contributed by atoms with E-state index in [0.717, 1.165) is 32.1 Å². The summed E-state index contributed by atoms with van der Waals surface area (Å²) in [6, 6.07) is 0. The van der Waals surface area contributed by atoms with E-state index < -0.39 is 6.10 Å². The van der Waals surface area contributed by atoms with Crippen LogP contribution < -0.4 is 10.6 Å². The first-order valence-corrected chi connectivity index (χ1v) is 10.2. The van der Waals surface area contributed by atoms with Crippen LogP contribution >= 0.6 is 0 Å². The number of carbonyl (C=O) groups is 2. The summed E-state index contributed by atoms with van der Waals surface area (Å²) in [7, 11) is 1.72. The van der Waals surface area contributed by atoms with Crippen LogP contribution in [0.4, 0.5) is 0 Å². The number of fused-ring (bicyclic) bond motifs is 5. The van der Waals surface area contributed by atoms with Gasteiger partial charge in [-0.3, -0.25) is 9.59 Å². The molecule has 0 aromatic rings. The average molecular weight is 360 g/mol. The molecule has 7 atom stereocenters. The molecular formula is C21H32N2O3. The van der Waals surface area contributed by atoms with Crippen molar-refractivity contribution < 1.29 is 14.7 Å². The highest BCUT2D eigenvalue weighted by Gasteiger charge is 2.62. The molecule has 3 aliphatic carbocycles. The van der Waals surface area contributed by atoms with E-state index in [1.807, 2.05) is 0 Å². The van der Waals surface area contributed by atoms with Crippen molar-refractivity contribution >= 4 is 11.8 Å². The van der Waals surface area contributed by atoms with Gasteiger partial charge in [0.1, 0.15) is 0 Å². The minimum atomic E-state index is -0.409. The Balaban J connectivity index is 1.70. The number of nitrogens with one attached hydrogen (secondary N) is 2. The first-order valence-electron chi connectivity index (χ1n) is 10.2. The van der Waals surface area contributed by atoms with Gasteiger partial charge in [0.15, 0.2) is 0 Å². The van der Waals surface area contributed by atoms with Gasteiger partial charge in [0, 0.05) is 25.6 Å². The SMILES string of the molecule is CNC(=O)[C@H]1CCC2C3CCC4=CC(=O)NCC[C@]4(C)C3[C@@H](O)C[C@@]21C. The Hall–Kier alpha value is -1.36. The summed E-state index contributed by atoms with van der Waals surface area (Å²) in [5.74, 6) is 1.27. The van der Waals surface area contributed by atoms with Crippen molar-refractivity contribution in [2.24, 2.45) is 34.5 Å². The average Bonchev–Trinajstić information content (AvgIpc) is 2.84. The van der Waals surface area contributed by atoms with Gasteiger partial charge in [0.2, 0.25) is 11.8 Å². The molecule has 3 fully saturated rings. The van der Waals surface area contributed by atoms with Crippen molar-refractivity contribution in [3.63, 3.8) is 0 Å². The Kier molecular flexibility index (Phi) is 4.22. The Bertz CT molecular complexity index is 660. The predicted molar refractivity (Wildman–Crippen MR) is 99.0 cm³/mol. The number of rotatable bonds is 1. The number of aliphatic hydroxyl groups is 1. The quantitative estimate of drug-likeness (QED) is 0.669. The van der Waals surface area contributed by atoms with Crippen LogP contribution in [0.5, 0.6) is 0 Å². The van der Waals surface area contributed by atoms with E-state index in [-0.39, 0.29) is 34.5 Å². The normalized spacial score (nSPS) is 47.6. The lowest BCUT2D eigenvalue weighted by Gasteiger charge is -2.58. The van der Waals surface area contributed by atoms with Crippen molar-refractivity contribution in [3.8, 4) is 0 Å². The molecule has 1 heterocycles. The van der Waals surface area contributed by atoms with Crippen LogP contribution in [0.15, 0.2) is 11.6 Å². The molecule has 2 amide bonds. The van der Waals surface area contributed by atoms with Crippen LogP contribution in [0, 0.1) is 34.5 Å². The molecule has 26 heavy (non-hydrogen) atoms. The second-order valence-corrected chi connectivity index (χ2v) is 9.48. The molecule has 0 saturated heterocycles. The maximum absolute atomic E-state index is 12.5. The fraction of sp³-hybridized carbons (Fsp3) is 0.810. The molecule has 3 unspecified atom stereocenters. The summed E-state index contributed by atoms with van der Waals surface area (Å²) in [5.41, 5.74) is 0.989. The minimum Gasteiger partial charge on any atom is -0.393 e. The van der Waals surface area contributed by atoms with Crippen molar-refractivity contribution in [1.29, 1.82) is 0 Å². The Morgan fingerprint density at radius 3 is 2.81 bits per heavy atom. The molecule has 4 rings (SSSR count). The molecule has 3 N–H and O–H groups in total. The van der Waals surface area contributed by atoms with E-state index in [4.69, 9.17) is 0 Å². The van der Waals surface area contributed by atoms with Crippen LogP contribution in [-0.2, 0) is 9.59 Å². The molecule has 0 aromatic carbocycles. The van der Waals surface area contributed by atoms with E-state index >= 15 is 0 Å². The van der Waals surface area contributed by atoms with Crippen LogP contribution in [0.2, 0.25) is 0 Å². The molecule has 3 saturated carbocycles. The lowest BCUT2D eigenvalue weighted by Crippen LogP contribution is -2.57. The number of amides is 2. The zero-order chi connectivity index (χ0) is 18.7. The van der Waals surface area contributed by atoms with Crippen LogP contribution in [0.3, 0.4) is 0 Å². The summed E-state index contributed by atoms with van der Waals surface area (Å²) >= 11 is 0. The van der Waals surface area contributed by atoms with Crippen LogP contribution in [-0.4, -0.2) is 36.6 Å². The number of hydrogen-bond acceptors (Lipinski definition) is 3. The topological polar surface area (TPSA) is 78.4 Å². The fourth-order valence-electron chi connectivity index (χ4n) is 7.30. The standard InChI is InChI=1S/C21H32N2O3/c1-20-8-9-23-17(25)10-12(20)4-5-13-14-6-7-15(19(26)22-3)21(14,2)11-16(24)18(13)20/h10,13-16,18,24H,4-9,11H2,1-3H3,(H,22,26)(H,23,25)/t13?,14?,15-,16+,18?,20+,21+/m1/s1. The summed E-state index contributed by atoms with van der Waals surface area (Å²) in [4.78, 5) is 24.5. The van der Waals surface area contributed by atoms with Gasteiger partial charge in [-0.15, -0.1) is 0 Å². The summed E-state index contributed by atoms with van der Waals surface area (Å²) in [6.07, 6.45) is 6.95. The smallest absolute Gasteiger partial charge is 0.243 e. The molecule has 1 aliphatic heterocycles. The maximum Gasteiger partial charge on any atom is 0.243 e. The summed E-state index contributed by atoms with van der Waals surface area (Å²) in [6.45, 7) is 5.16. The van der Waals surface area contributed by atoms with Gasteiger partial charge in [-0.05, 0) is 67.1 Å². The van der Waals surface area contributed by atoms with Gasteiger partial charge >= 0.3 is 0 Å². The largest absolute Gasteiger partial charge is 0.393 e. The summed E-state index contributed by atoms with van der Waals surface area (Å²) < 4.78 is 0. The highest BCUT2D eigenvalue weighted by atomic mass is 16.3. The molecule has 4 aliphatic rings. The molecular weight excluding hydrogens is 328 g/mol. The Morgan fingerprint density at radius 1 is 1.31 bits per heavy atom. The lowest BCUT2D eigenvalue weighted by atomic mass is 9.47. The first kappa shape index (κ1) is 18.0. The summed E-state index contributed by atoms with van der Waals surface area (Å²) in [5, 5.41) is 17.1. The van der Waals surface area contributed by atoms with Crippen molar-refractivity contribution in [1.82, 2.24) is 10.6 Å². The third-order valence-electron chi connectivity index (χ3n) is 8.48. The second kappa shape index (κ2) is 6.08. The van der Waals surface area contributed by atoms with Gasteiger partial charge in [-0.25, -0.2) is 0 Å². The first-order chi connectivity index (χ1) is 12.3. The van der Waals surface area contributed by atoms with E-state index in [0.29, 0.717) is 24.8 Å². The van der Waals surface area contributed by atoms with Gasteiger partial charge < -0.3 is 15.7 Å². The van der Waals surface area contributed by atoms with Gasteiger partial charge in [0.25, 0.3) is 0 Å². The third kappa shape index (κ3) is 2.39. The molecule has 0 aromatic heterocycles. The molecule has 0 radical (unpaired) electrons.